The van der Waals surface area contributed by atoms with Gasteiger partial charge in [-0.2, -0.15) is 5.10 Å². The Morgan fingerprint density at radius 1 is 1.13 bits per heavy atom. The maximum atomic E-state index is 13.3. The van der Waals surface area contributed by atoms with Gasteiger partial charge in [-0.1, -0.05) is 42.5 Å². The highest BCUT2D eigenvalue weighted by molar-refractivity contribution is 5.89. The zero-order valence-corrected chi connectivity index (χ0v) is 17.3. The lowest BCUT2D eigenvalue weighted by molar-refractivity contribution is -0.148. The first-order chi connectivity index (χ1) is 15.0. The number of carbonyl (C=O) groups is 2. The molecule has 0 fully saturated rings. The molecule has 0 saturated carbocycles. The molecule has 0 atom stereocenters. The number of esters is 1. The molecule has 0 saturated heterocycles. The highest BCUT2D eigenvalue weighted by Gasteiger charge is 2.14. The van der Waals surface area contributed by atoms with E-state index in [1.807, 2.05) is 43.5 Å². The minimum absolute atomic E-state index is 0.251. The zero-order chi connectivity index (χ0) is 22.1. The molecule has 1 heterocycles. The Morgan fingerprint density at radius 2 is 1.90 bits per heavy atom. The Bertz CT molecular complexity index is 1050. The van der Waals surface area contributed by atoms with Crippen molar-refractivity contribution < 1.29 is 18.7 Å². The van der Waals surface area contributed by atoms with E-state index in [0.29, 0.717) is 18.7 Å². The molecule has 7 heteroatoms. The van der Waals surface area contributed by atoms with Crippen molar-refractivity contribution in [1.29, 1.82) is 0 Å². The molecule has 160 valence electrons. The van der Waals surface area contributed by atoms with Gasteiger partial charge in [-0.15, -0.1) is 0 Å². The number of benzene rings is 2. The van der Waals surface area contributed by atoms with Crippen molar-refractivity contribution >= 4 is 18.0 Å². The molecule has 31 heavy (non-hydrogen) atoms. The number of halogens is 1. The summed E-state index contributed by atoms with van der Waals surface area (Å²) in [7, 11) is 0. The molecule has 0 bridgehead atoms. The smallest absolute Gasteiger partial charge is 0.331 e. The Kier molecular flexibility index (Phi) is 7.70. The third-order valence-corrected chi connectivity index (χ3v) is 4.59. The molecular formula is C24H24FN3O3. The third kappa shape index (κ3) is 6.92. The number of amides is 1. The first kappa shape index (κ1) is 22.0. The largest absolute Gasteiger partial charge is 0.452 e. The van der Waals surface area contributed by atoms with Gasteiger partial charge in [0, 0.05) is 30.9 Å². The second-order valence-corrected chi connectivity index (χ2v) is 6.94. The summed E-state index contributed by atoms with van der Waals surface area (Å²) in [5, 5.41) is 4.27. The number of ether oxygens (including phenoxy) is 1. The zero-order valence-electron chi connectivity index (χ0n) is 17.3. The van der Waals surface area contributed by atoms with Crippen molar-refractivity contribution in [2.45, 2.75) is 20.0 Å². The van der Waals surface area contributed by atoms with E-state index in [0.717, 1.165) is 11.1 Å². The van der Waals surface area contributed by atoms with Gasteiger partial charge in [-0.3, -0.25) is 9.48 Å². The number of carbonyl (C=O) groups excluding carboxylic acids is 2. The average molecular weight is 421 g/mol. The fourth-order valence-electron chi connectivity index (χ4n) is 2.99. The molecule has 0 radical (unpaired) electrons. The molecule has 0 aliphatic carbocycles. The fourth-order valence-corrected chi connectivity index (χ4v) is 2.99. The van der Waals surface area contributed by atoms with Gasteiger partial charge in [0.1, 0.15) is 5.82 Å². The molecule has 0 aliphatic heterocycles. The van der Waals surface area contributed by atoms with Crippen LogP contribution in [0.4, 0.5) is 4.39 Å². The van der Waals surface area contributed by atoms with Crippen LogP contribution in [-0.2, 0) is 27.4 Å². The first-order valence-corrected chi connectivity index (χ1v) is 9.97. The number of hydrogen-bond acceptors (Lipinski definition) is 4. The van der Waals surface area contributed by atoms with Crippen LogP contribution >= 0.6 is 0 Å². The van der Waals surface area contributed by atoms with Gasteiger partial charge >= 0.3 is 5.97 Å². The molecule has 3 rings (SSSR count). The highest BCUT2D eigenvalue weighted by Crippen LogP contribution is 2.08. The summed E-state index contributed by atoms with van der Waals surface area (Å²) in [5.74, 6) is -1.32. The molecule has 0 spiro atoms. The van der Waals surface area contributed by atoms with Crippen LogP contribution in [0, 0.1) is 5.82 Å². The normalized spacial score (nSPS) is 10.9. The van der Waals surface area contributed by atoms with Crippen LogP contribution in [0.2, 0.25) is 0 Å². The van der Waals surface area contributed by atoms with Gasteiger partial charge in [0.15, 0.2) is 6.61 Å². The number of aromatic nitrogens is 2. The van der Waals surface area contributed by atoms with E-state index in [1.54, 1.807) is 29.1 Å². The van der Waals surface area contributed by atoms with E-state index in [4.69, 9.17) is 4.74 Å². The second-order valence-electron chi connectivity index (χ2n) is 6.94. The molecule has 1 aromatic heterocycles. The van der Waals surface area contributed by atoms with E-state index >= 15 is 0 Å². The topological polar surface area (TPSA) is 64.4 Å². The van der Waals surface area contributed by atoms with E-state index in [-0.39, 0.29) is 24.9 Å². The summed E-state index contributed by atoms with van der Waals surface area (Å²) in [5.41, 5.74) is 2.55. The summed E-state index contributed by atoms with van der Waals surface area (Å²) >= 11 is 0. The van der Waals surface area contributed by atoms with Crippen LogP contribution in [0.5, 0.6) is 0 Å². The minimum atomic E-state index is -0.619. The van der Waals surface area contributed by atoms with Crippen LogP contribution in [0.25, 0.3) is 6.08 Å². The van der Waals surface area contributed by atoms with Crippen LogP contribution < -0.4 is 0 Å². The van der Waals surface area contributed by atoms with Crippen molar-refractivity contribution in [3.8, 4) is 0 Å². The van der Waals surface area contributed by atoms with Gasteiger partial charge in [0.25, 0.3) is 5.91 Å². The van der Waals surface area contributed by atoms with Crippen molar-refractivity contribution in [2.24, 2.45) is 0 Å². The van der Waals surface area contributed by atoms with Crippen molar-refractivity contribution in [3.05, 3.63) is 95.6 Å². The first-order valence-electron chi connectivity index (χ1n) is 9.97. The average Bonchev–Trinajstić information content (AvgIpc) is 3.22. The van der Waals surface area contributed by atoms with Gasteiger partial charge < -0.3 is 9.64 Å². The van der Waals surface area contributed by atoms with E-state index in [2.05, 4.69) is 5.10 Å². The van der Waals surface area contributed by atoms with Crippen molar-refractivity contribution in [3.63, 3.8) is 0 Å². The SMILES string of the molecule is CCN(Cc1cccc(F)c1)C(=O)COC(=O)/C=C/c1cnn(Cc2ccccc2)c1. The second kappa shape index (κ2) is 10.9. The number of nitrogens with zero attached hydrogens (tertiary/aromatic N) is 3. The highest BCUT2D eigenvalue weighted by atomic mass is 19.1. The standard InChI is InChI=1S/C24H24FN3O3/c1-2-27(15-20-9-6-10-22(25)13-20)23(29)18-31-24(30)12-11-21-14-26-28(17-21)16-19-7-4-3-5-8-19/h3-14,17H,2,15-16,18H2,1H3/b12-11+. The Labute approximate surface area is 180 Å². The maximum Gasteiger partial charge on any atom is 0.331 e. The third-order valence-electron chi connectivity index (χ3n) is 4.59. The van der Waals surface area contributed by atoms with E-state index < -0.39 is 5.97 Å². The predicted octanol–water partition coefficient (Wildman–Crippen LogP) is 3.68. The summed E-state index contributed by atoms with van der Waals surface area (Å²) in [6, 6.07) is 16.0. The molecule has 6 nitrogen and oxygen atoms in total. The molecule has 0 unspecified atom stereocenters. The van der Waals surface area contributed by atoms with Gasteiger partial charge in [0.05, 0.1) is 12.7 Å². The van der Waals surface area contributed by atoms with Crippen LogP contribution in [0.15, 0.2) is 73.1 Å². The monoisotopic (exact) mass is 421 g/mol. The van der Waals surface area contributed by atoms with Crippen molar-refractivity contribution in [2.75, 3.05) is 13.2 Å². The lowest BCUT2D eigenvalue weighted by Crippen LogP contribution is -2.34. The summed E-state index contributed by atoms with van der Waals surface area (Å²) in [6.07, 6.45) is 6.32. The predicted molar refractivity (Wildman–Crippen MR) is 115 cm³/mol. The van der Waals surface area contributed by atoms with Crippen LogP contribution in [0.3, 0.4) is 0 Å². The van der Waals surface area contributed by atoms with Gasteiger partial charge in [0.2, 0.25) is 0 Å². The Balaban J connectivity index is 1.47. The van der Waals surface area contributed by atoms with Crippen LogP contribution in [-0.4, -0.2) is 39.7 Å². The summed E-state index contributed by atoms with van der Waals surface area (Å²) in [4.78, 5) is 25.8. The van der Waals surface area contributed by atoms with Gasteiger partial charge in [-0.05, 0) is 36.3 Å². The lowest BCUT2D eigenvalue weighted by Gasteiger charge is -2.20. The van der Waals surface area contributed by atoms with Crippen LogP contribution in [0.1, 0.15) is 23.6 Å². The number of rotatable bonds is 9. The summed E-state index contributed by atoms with van der Waals surface area (Å²) < 4.78 is 20.2. The Morgan fingerprint density at radius 3 is 2.65 bits per heavy atom. The quantitative estimate of drug-likeness (QED) is 0.391. The minimum Gasteiger partial charge on any atom is -0.452 e. The molecule has 2 aromatic carbocycles. The summed E-state index contributed by atoms with van der Waals surface area (Å²) in [6.45, 7) is 2.74. The van der Waals surface area contributed by atoms with Gasteiger partial charge in [-0.25, -0.2) is 9.18 Å². The number of hydrogen-bond donors (Lipinski definition) is 0. The molecule has 0 N–H and O–H groups in total. The van der Waals surface area contributed by atoms with Crippen molar-refractivity contribution in [1.82, 2.24) is 14.7 Å². The molecule has 0 aliphatic rings. The van der Waals surface area contributed by atoms with E-state index in [9.17, 15) is 14.0 Å². The van der Waals surface area contributed by atoms with E-state index in [1.165, 1.54) is 23.1 Å². The lowest BCUT2D eigenvalue weighted by atomic mass is 10.2. The maximum absolute atomic E-state index is 13.3. The number of likely N-dealkylation sites (N-methyl/N-ethyl adjacent to an activating group) is 1. The molecule has 3 aromatic rings. The molecular weight excluding hydrogens is 397 g/mol. The molecule has 1 amide bonds. The fraction of sp³-hybridized carbons (Fsp3) is 0.208. The Hall–Kier alpha value is -3.74.